The third-order valence-electron chi connectivity index (χ3n) is 2.37. The van der Waals surface area contributed by atoms with Crippen molar-refractivity contribution in [1.29, 1.82) is 0 Å². The van der Waals surface area contributed by atoms with E-state index in [4.69, 9.17) is 0 Å². The molecule has 1 aromatic carbocycles. The summed E-state index contributed by atoms with van der Waals surface area (Å²) < 4.78 is 27.2. The minimum atomic E-state index is -3.44. The zero-order chi connectivity index (χ0) is 13.0. The van der Waals surface area contributed by atoms with Crippen LogP contribution in [0.2, 0.25) is 0 Å². The van der Waals surface area contributed by atoms with E-state index >= 15 is 0 Å². The van der Waals surface area contributed by atoms with Gasteiger partial charge in [-0.3, -0.25) is 5.10 Å². The summed E-state index contributed by atoms with van der Waals surface area (Å²) in [6, 6.07) is 8.33. The van der Waals surface area contributed by atoms with E-state index in [2.05, 4.69) is 30.8 Å². The summed E-state index contributed by atoms with van der Waals surface area (Å²) in [5.74, 6) is 0. The Kier molecular flexibility index (Phi) is 4.15. The van der Waals surface area contributed by atoms with Gasteiger partial charge in [0, 0.05) is 29.3 Å². The highest BCUT2D eigenvalue weighted by Gasteiger charge is 2.12. The van der Waals surface area contributed by atoms with E-state index in [0.717, 1.165) is 10.2 Å². The maximum absolute atomic E-state index is 11.9. The highest BCUT2D eigenvalue weighted by atomic mass is 79.9. The summed E-state index contributed by atoms with van der Waals surface area (Å²) >= 11 is 3.26. The molecule has 0 saturated carbocycles. The number of halogens is 1. The lowest BCUT2D eigenvalue weighted by Gasteiger charge is -2.06. The van der Waals surface area contributed by atoms with Crippen molar-refractivity contribution < 1.29 is 8.42 Å². The summed E-state index contributed by atoms with van der Waals surface area (Å²) in [5, 5.41) is 6.58. The maximum Gasteiger partial charge on any atom is 0.240 e. The fourth-order valence-corrected chi connectivity index (χ4v) is 2.74. The van der Waals surface area contributed by atoms with Crippen LogP contribution in [0.5, 0.6) is 0 Å². The van der Waals surface area contributed by atoms with Gasteiger partial charge in [-0.2, -0.15) is 5.10 Å². The molecule has 0 fully saturated rings. The molecule has 5 nitrogen and oxygen atoms in total. The first-order chi connectivity index (χ1) is 8.58. The minimum Gasteiger partial charge on any atom is -0.283 e. The van der Waals surface area contributed by atoms with Gasteiger partial charge in [0.25, 0.3) is 0 Å². The Balaban J connectivity index is 1.97. The summed E-state index contributed by atoms with van der Waals surface area (Å²) in [6.07, 6.45) is 2.22. The zero-order valence-electron chi connectivity index (χ0n) is 9.43. The molecule has 0 aliphatic heterocycles. The third-order valence-corrected chi connectivity index (χ3v) is 4.37. The Labute approximate surface area is 114 Å². The fourth-order valence-electron chi connectivity index (χ4n) is 1.44. The van der Waals surface area contributed by atoms with Gasteiger partial charge < -0.3 is 0 Å². The van der Waals surface area contributed by atoms with Gasteiger partial charge in [-0.15, -0.1) is 0 Å². The molecule has 2 N–H and O–H groups in total. The van der Waals surface area contributed by atoms with Crippen molar-refractivity contribution in [2.24, 2.45) is 0 Å². The molecule has 2 rings (SSSR count). The average molecular weight is 330 g/mol. The number of benzene rings is 1. The molecule has 0 atom stereocenters. The first-order valence-corrected chi connectivity index (χ1v) is 7.59. The molecule has 7 heteroatoms. The van der Waals surface area contributed by atoms with E-state index < -0.39 is 10.0 Å². The summed E-state index contributed by atoms with van der Waals surface area (Å²) in [6.45, 7) is 0.334. The van der Waals surface area contributed by atoms with Crippen LogP contribution in [0.4, 0.5) is 0 Å². The van der Waals surface area contributed by atoms with E-state index in [0.29, 0.717) is 13.0 Å². The standard InChI is InChI=1S/C11H12BrN3O2S/c12-9-1-3-11(4-2-9)18(16,17)14-8-6-10-5-7-13-15-10/h1-5,7,14H,6,8H2,(H,13,15). The first-order valence-electron chi connectivity index (χ1n) is 5.31. The number of H-pyrrole nitrogens is 1. The highest BCUT2D eigenvalue weighted by Crippen LogP contribution is 2.14. The van der Waals surface area contributed by atoms with Crippen molar-refractivity contribution in [2.45, 2.75) is 11.3 Å². The van der Waals surface area contributed by atoms with Crippen molar-refractivity contribution >= 4 is 26.0 Å². The lowest BCUT2D eigenvalue weighted by atomic mass is 10.3. The lowest BCUT2D eigenvalue weighted by Crippen LogP contribution is -2.26. The van der Waals surface area contributed by atoms with Crippen LogP contribution in [0.1, 0.15) is 5.69 Å². The van der Waals surface area contributed by atoms with Crippen LogP contribution >= 0.6 is 15.9 Å². The maximum atomic E-state index is 11.9. The molecule has 96 valence electrons. The first kappa shape index (κ1) is 13.3. The Morgan fingerprint density at radius 3 is 2.56 bits per heavy atom. The van der Waals surface area contributed by atoms with E-state index in [-0.39, 0.29) is 4.90 Å². The summed E-state index contributed by atoms with van der Waals surface area (Å²) in [7, 11) is -3.44. The van der Waals surface area contributed by atoms with Gasteiger partial charge in [0.1, 0.15) is 0 Å². The monoisotopic (exact) mass is 329 g/mol. The smallest absolute Gasteiger partial charge is 0.240 e. The molecule has 2 aromatic rings. The van der Waals surface area contributed by atoms with Crippen LogP contribution in [0.25, 0.3) is 0 Å². The molecule has 18 heavy (non-hydrogen) atoms. The highest BCUT2D eigenvalue weighted by molar-refractivity contribution is 9.10. The van der Waals surface area contributed by atoms with Crippen molar-refractivity contribution in [3.05, 3.63) is 46.7 Å². The van der Waals surface area contributed by atoms with Crippen LogP contribution in [-0.2, 0) is 16.4 Å². The summed E-state index contributed by atoms with van der Waals surface area (Å²) in [5.41, 5.74) is 0.897. The van der Waals surface area contributed by atoms with Gasteiger partial charge in [0.05, 0.1) is 4.90 Å². The van der Waals surface area contributed by atoms with Crippen LogP contribution in [-0.4, -0.2) is 25.2 Å². The van der Waals surface area contributed by atoms with Crippen molar-refractivity contribution in [3.8, 4) is 0 Å². The van der Waals surface area contributed by atoms with Crippen LogP contribution < -0.4 is 4.72 Å². The minimum absolute atomic E-state index is 0.260. The molecule has 0 bridgehead atoms. The molecule has 0 aliphatic rings. The molecule has 0 amide bonds. The Morgan fingerprint density at radius 2 is 1.94 bits per heavy atom. The second kappa shape index (κ2) is 5.64. The number of aromatic nitrogens is 2. The number of rotatable bonds is 5. The molecule has 0 aliphatic carbocycles. The van der Waals surface area contributed by atoms with Gasteiger partial charge >= 0.3 is 0 Å². The van der Waals surface area contributed by atoms with E-state index in [1.807, 2.05) is 6.07 Å². The average Bonchev–Trinajstić information content (AvgIpc) is 2.82. The third kappa shape index (κ3) is 3.41. The molecular formula is C11H12BrN3O2S. The normalized spacial score (nSPS) is 11.6. The predicted molar refractivity (Wildman–Crippen MR) is 71.6 cm³/mol. The number of nitrogens with one attached hydrogen (secondary N) is 2. The number of sulfonamides is 1. The van der Waals surface area contributed by atoms with Gasteiger partial charge in [-0.25, -0.2) is 13.1 Å². The molecular weight excluding hydrogens is 318 g/mol. The Hall–Kier alpha value is -1.18. The fraction of sp³-hybridized carbons (Fsp3) is 0.182. The zero-order valence-corrected chi connectivity index (χ0v) is 11.8. The van der Waals surface area contributed by atoms with Crippen LogP contribution in [0.3, 0.4) is 0 Å². The van der Waals surface area contributed by atoms with Gasteiger partial charge in [0.2, 0.25) is 10.0 Å². The number of nitrogens with zero attached hydrogens (tertiary/aromatic N) is 1. The molecule has 0 saturated heterocycles. The van der Waals surface area contributed by atoms with Crippen LogP contribution in [0, 0.1) is 0 Å². The quantitative estimate of drug-likeness (QED) is 0.876. The molecule has 0 spiro atoms. The molecule has 1 heterocycles. The number of hydrogen-bond donors (Lipinski definition) is 2. The van der Waals surface area contributed by atoms with Gasteiger partial charge in [0.15, 0.2) is 0 Å². The molecule has 1 aromatic heterocycles. The Morgan fingerprint density at radius 1 is 1.22 bits per heavy atom. The van der Waals surface area contributed by atoms with Crippen molar-refractivity contribution in [3.63, 3.8) is 0 Å². The molecule has 0 radical (unpaired) electrons. The van der Waals surface area contributed by atoms with Crippen LogP contribution in [0.15, 0.2) is 45.9 Å². The predicted octanol–water partition coefficient (Wildman–Crippen LogP) is 1.69. The van der Waals surface area contributed by atoms with Crippen molar-refractivity contribution in [1.82, 2.24) is 14.9 Å². The summed E-state index contributed by atoms with van der Waals surface area (Å²) in [4.78, 5) is 0.260. The Bertz CT molecular complexity index is 594. The largest absolute Gasteiger partial charge is 0.283 e. The van der Waals surface area contributed by atoms with E-state index in [9.17, 15) is 8.42 Å². The van der Waals surface area contributed by atoms with Gasteiger partial charge in [-0.1, -0.05) is 15.9 Å². The number of aromatic amines is 1. The van der Waals surface area contributed by atoms with Gasteiger partial charge in [-0.05, 0) is 30.3 Å². The topological polar surface area (TPSA) is 74.8 Å². The second-order valence-electron chi connectivity index (χ2n) is 3.68. The number of hydrogen-bond acceptors (Lipinski definition) is 3. The van der Waals surface area contributed by atoms with E-state index in [1.54, 1.807) is 30.5 Å². The van der Waals surface area contributed by atoms with Crippen molar-refractivity contribution in [2.75, 3.05) is 6.54 Å². The SMILES string of the molecule is O=S(=O)(NCCc1ccn[nH]1)c1ccc(Br)cc1. The second-order valence-corrected chi connectivity index (χ2v) is 6.37. The lowest BCUT2D eigenvalue weighted by molar-refractivity contribution is 0.581. The van der Waals surface area contributed by atoms with E-state index in [1.165, 1.54) is 0 Å². The molecule has 0 unspecified atom stereocenters.